The predicted molar refractivity (Wildman–Crippen MR) is 186 cm³/mol. The van der Waals surface area contributed by atoms with Crippen LogP contribution in [0.4, 0.5) is 25.4 Å². The van der Waals surface area contributed by atoms with E-state index in [2.05, 4.69) is 15.4 Å². The first-order valence-electron chi connectivity index (χ1n) is 16.1. The van der Waals surface area contributed by atoms with E-state index >= 15 is 0 Å². The first kappa shape index (κ1) is 35.4. The fourth-order valence-electron chi connectivity index (χ4n) is 5.87. The molecule has 50 heavy (non-hydrogen) atoms. The molecule has 1 saturated heterocycles. The van der Waals surface area contributed by atoms with E-state index in [0.29, 0.717) is 40.2 Å². The molecule has 14 nitrogen and oxygen atoms in total. The minimum Gasteiger partial charge on any atom is -0.497 e. The van der Waals surface area contributed by atoms with Crippen LogP contribution in [0, 0.1) is 5.82 Å². The number of para-hydroxylation sites is 1. The molecule has 0 bridgehead atoms. The first-order chi connectivity index (χ1) is 24.1. The molecule has 1 aliphatic heterocycles. The van der Waals surface area contributed by atoms with Gasteiger partial charge in [-0.05, 0) is 61.9 Å². The summed E-state index contributed by atoms with van der Waals surface area (Å²) >= 11 is 0. The van der Waals surface area contributed by atoms with Gasteiger partial charge >= 0.3 is 12.1 Å². The largest absolute Gasteiger partial charge is 0.497 e. The third-order valence-electron chi connectivity index (χ3n) is 8.53. The van der Waals surface area contributed by atoms with E-state index in [-0.39, 0.29) is 43.5 Å². The Balaban J connectivity index is 1.56. The number of alkyl carbamates (subject to hydrolysis) is 1. The molecule has 3 aromatic carbocycles. The van der Waals surface area contributed by atoms with Gasteiger partial charge in [0.1, 0.15) is 23.4 Å². The van der Waals surface area contributed by atoms with Crippen molar-refractivity contribution in [2.75, 3.05) is 62.7 Å². The van der Waals surface area contributed by atoms with Gasteiger partial charge < -0.3 is 34.8 Å². The van der Waals surface area contributed by atoms with Crippen LogP contribution in [0.2, 0.25) is 0 Å². The summed E-state index contributed by atoms with van der Waals surface area (Å²) < 4.78 is 30.9. The van der Waals surface area contributed by atoms with Crippen LogP contribution in [0.15, 0.2) is 71.5 Å². The quantitative estimate of drug-likeness (QED) is 0.249. The van der Waals surface area contributed by atoms with Crippen molar-refractivity contribution in [2.24, 2.45) is 0 Å². The molecule has 15 heteroatoms. The van der Waals surface area contributed by atoms with Gasteiger partial charge in [-0.25, -0.2) is 23.6 Å². The number of anilines is 2. The average molecular weight is 690 g/mol. The lowest BCUT2D eigenvalue weighted by molar-refractivity contribution is -0.133. The molecule has 2 N–H and O–H groups in total. The Morgan fingerprint density at radius 1 is 0.960 bits per heavy atom. The Hall–Kier alpha value is -5.86. The van der Waals surface area contributed by atoms with Crippen molar-refractivity contribution in [2.45, 2.75) is 32.4 Å². The molecule has 5 rings (SSSR count). The van der Waals surface area contributed by atoms with E-state index in [4.69, 9.17) is 14.5 Å². The second-order valence-electron chi connectivity index (χ2n) is 11.5. The Bertz CT molecular complexity index is 1910. The molecular weight excluding hydrogens is 649 g/mol. The minimum atomic E-state index is -0.886. The van der Waals surface area contributed by atoms with Crippen molar-refractivity contribution in [3.8, 4) is 11.5 Å². The Morgan fingerprint density at radius 2 is 1.66 bits per heavy atom. The SMILES string of the molecule is CC[C@H](NC(=O)OC)C(=O)N1CCN(n2c(C(C)N(C(=O)Nc3ccc(F)cc3)c3ccc(OC)cc3OC)nc3ccccc3c2=O)CC1. The molecule has 1 unspecified atom stereocenters. The van der Waals surface area contributed by atoms with Crippen molar-refractivity contribution >= 4 is 40.3 Å². The zero-order valence-corrected chi connectivity index (χ0v) is 28.5. The topological polar surface area (TPSA) is 148 Å². The number of hydrogen-bond acceptors (Lipinski definition) is 9. The summed E-state index contributed by atoms with van der Waals surface area (Å²) in [5.41, 5.74) is 0.785. The summed E-state index contributed by atoms with van der Waals surface area (Å²) in [6.07, 6.45) is -0.327. The van der Waals surface area contributed by atoms with Gasteiger partial charge in [0.05, 0.1) is 57.1 Å². The summed E-state index contributed by atoms with van der Waals surface area (Å²) in [5.74, 6) is 0.349. The van der Waals surface area contributed by atoms with Gasteiger partial charge in [-0.1, -0.05) is 19.1 Å². The molecular formula is C35H40FN7O7. The maximum absolute atomic E-state index is 14.3. The number of methoxy groups -OCH3 is 3. The number of halogens is 1. The van der Waals surface area contributed by atoms with Gasteiger partial charge in [0.15, 0.2) is 5.82 Å². The number of rotatable bonds is 10. The molecule has 4 amide bonds. The van der Waals surface area contributed by atoms with E-state index in [9.17, 15) is 23.6 Å². The fraction of sp³-hybridized carbons (Fsp3) is 0.343. The lowest BCUT2D eigenvalue weighted by Crippen LogP contribution is -2.59. The highest BCUT2D eigenvalue weighted by atomic mass is 19.1. The van der Waals surface area contributed by atoms with Crippen molar-refractivity contribution < 1.29 is 33.0 Å². The number of amides is 4. The molecule has 0 saturated carbocycles. The van der Waals surface area contributed by atoms with Gasteiger partial charge in [0.2, 0.25) is 5.91 Å². The molecule has 2 heterocycles. The van der Waals surface area contributed by atoms with Crippen LogP contribution in [-0.4, -0.2) is 86.1 Å². The van der Waals surface area contributed by atoms with E-state index < -0.39 is 30.0 Å². The van der Waals surface area contributed by atoms with Crippen LogP contribution in [0.25, 0.3) is 10.9 Å². The van der Waals surface area contributed by atoms with Gasteiger partial charge in [-0.2, -0.15) is 0 Å². The number of ether oxygens (including phenoxy) is 3. The van der Waals surface area contributed by atoms with Gasteiger partial charge in [-0.15, -0.1) is 0 Å². The zero-order valence-electron chi connectivity index (χ0n) is 28.5. The third kappa shape index (κ3) is 7.41. The van der Waals surface area contributed by atoms with Crippen LogP contribution in [0.5, 0.6) is 11.5 Å². The second kappa shape index (κ2) is 15.6. The molecule has 1 aliphatic rings. The number of piperazine rings is 1. The maximum atomic E-state index is 14.3. The highest BCUT2D eigenvalue weighted by molar-refractivity contribution is 6.03. The lowest BCUT2D eigenvalue weighted by atomic mass is 10.1. The number of urea groups is 1. The lowest BCUT2D eigenvalue weighted by Gasteiger charge is -2.40. The summed E-state index contributed by atoms with van der Waals surface area (Å²) in [6.45, 7) is 4.56. The van der Waals surface area contributed by atoms with Crippen molar-refractivity contribution in [3.05, 3.63) is 88.7 Å². The number of carbonyl (C=O) groups is 3. The third-order valence-corrected chi connectivity index (χ3v) is 8.53. The number of nitrogens with zero attached hydrogens (tertiary/aromatic N) is 5. The van der Waals surface area contributed by atoms with Crippen LogP contribution in [0.1, 0.15) is 32.1 Å². The molecule has 1 fully saturated rings. The average Bonchev–Trinajstić information content (AvgIpc) is 3.14. The van der Waals surface area contributed by atoms with Crippen LogP contribution < -0.4 is 35.6 Å². The standard InChI is InChI=1S/C35H40FN7O7/c1-6-27(39-35(47)50-5)33(45)40-17-19-41(20-18-40)43-31(38-28-10-8-7-9-26(28)32(43)44)22(2)42(29-16-15-25(48-3)21-30(29)49-4)34(46)37-24-13-11-23(36)12-14-24/h7-16,21-22,27H,6,17-20H2,1-5H3,(H,37,46)(H,39,47)/t22?,27-/m0/s1. The maximum Gasteiger partial charge on any atom is 0.407 e. The van der Waals surface area contributed by atoms with Gasteiger partial charge in [0.25, 0.3) is 5.56 Å². The summed E-state index contributed by atoms with van der Waals surface area (Å²) in [7, 11) is 4.21. The van der Waals surface area contributed by atoms with Crippen molar-refractivity contribution in [1.29, 1.82) is 0 Å². The van der Waals surface area contributed by atoms with Crippen LogP contribution in [0.3, 0.4) is 0 Å². The highest BCUT2D eigenvalue weighted by Gasteiger charge is 2.34. The second-order valence-corrected chi connectivity index (χ2v) is 11.5. The monoisotopic (exact) mass is 689 g/mol. The number of hydrogen-bond donors (Lipinski definition) is 2. The number of aromatic nitrogens is 2. The summed E-state index contributed by atoms with van der Waals surface area (Å²) in [6, 6.07) is 15.0. The molecule has 264 valence electrons. The molecule has 2 atom stereocenters. The number of fused-ring (bicyclic) bond motifs is 1. The highest BCUT2D eigenvalue weighted by Crippen LogP contribution is 2.37. The Morgan fingerprint density at radius 3 is 2.30 bits per heavy atom. The molecule has 0 spiro atoms. The minimum absolute atomic E-state index is 0.249. The zero-order chi connectivity index (χ0) is 35.9. The Labute approximate surface area is 288 Å². The summed E-state index contributed by atoms with van der Waals surface area (Å²) in [4.78, 5) is 61.6. The summed E-state index contributed by atoms with van der Waals surface area (Å²) in [5, 5.41) is 7.57. The van der Waals surface area contributed by atoms with E-state index in [1.54, 1.807) is 66.2 Å². The normalized spacial score (nSPS) is 14.0. The van der Waals surface area contributed by atoms with E-state index in [1.807, 2.05) is 0 Å². The number of carbonyl (C=O) groups excluding carboxylic acids is 3. The molecule has 0 radical (unpaired) electrons. The van der Waals surface area contributed by atoms with Crippen molar-refractivity contribution in [1.82, 2.24) is 19.9 Å². The molecule has 1 aromatic heterocycles. The predicted octanol–water partition coefficient (Wildman–Crippen LogP) is 4.27. The van der Waals surface area contributed by atoms with Crippen LogP contribution in [-0.2, 0) is 9.53 Å². The fourth-order valence-corrected chi connectivity index (χ4v) is 5.87. The number of benzene rings is 3. The molecule has 0 aliphatic carbocycles. The van der Waals surface area contributed by atoms with Crippen molar-refractivity contribution in [3.63, 3.8) is 0 Å². The van der Waals surface area contributed by atoms with Crippen LogP contribution >= 0.6 is 0 Å². The van der Waals surface area contributed by atoms with E-state index in [0.717, 1.165) is 0 Å². The smallest absolute Gasteiger partial charge is 0.407 e. The Kier molecular flexibility index (Phi) is 11.0. The molecule has 4 aromatic rings. The van der Waals surface area contributed by atoms with Gasteiger partial charge in [0, 0.05) is 24.8 Å². The van der Waals surface area contributed by atoms with Gasteiger partial charge in [-0.3, -0.25) is 14.5 Å². The first-order valence-corrected chi connectivity index (χ1v) is 16.1. The number of nitrogens with one attached hydrogen (secondary N) is 2. The van der Waals surface area contributed by atoms with E-state index in [1.165, 1.54) is 55.2 Å².